The first kappa shape index (κ1) is 12.2. The van der Waals surface area contributed by atoms with E-state index in [1.807, 2.05) is 0 Å². The molecule has 0 saturated heterocycles. The van der Waals surface area contributed by atoms with Gasteiger partial charge < -0.3 is 0 Å². The van der Waals surface area contributed by atoms with E-state index in [1.165, 1.54) is 30.3 Å². The van der Waals surface area contributed by atoms with Crippen LogP contribution in [0.2, 0.25) is 0 Å². The minimum absolute atomic E-state index is 0.344. The molecule has 0 radical (unpaired) electrons. The Morgan fingerprint density at radius 3 is 1.50 bits per heavy atom. The van der Waals surface area contributed by atoms with Crippen LogP contribution in [0.3, 0.4) is 0 Å². The second-order valence-electron chi connectivity index (χ2n) is 3.73. The minimum Gasteiger partial charge on any atom is -0.299 e. The number of carbonyl (C=O) groups excluding carboxylic acids is 1. The van der Waals surface area contributed by atoms with Gasteiger partial charge in [0.2, 0.25) is 0 Å². The van der Waals surface area contributed by atoms with Crippen LogP contribution in [0.25, 0.3) is 5.57 Å². The minimum atomic E-state index is -0.344. The zero-order chi connectivity index (χ0) is 13.0. The van der Waals surface area contributed by atoms with Crippen molar-refractivity contribution >= 4 is 11.9 Å². The zero-order valence-corrected chi connectivity index (χ0v) is 9.44. The molecule has 0 aliphatic rings. The maximum absolute atomic E-state index is 12.9. The molecule has 0 aromatic heterocycles. The predicted octanol–water partition coefficient (Wildman–Crippen LogP) is 3.60. The van der Waals surface area contributed by atoms with E-state index in [9.17, 15) is 13.6 Å². The topological polar surface area (TPSA) is 17.1 Å². The summed E-state index contributed by atoms with van der Waals surface area (Å²) >= 11 is 0. The maximum atomic E-state index is 12.9. The molecular weight excluding hydrogens is 234 g/mol. The van der Waals surface area contributed by atoms with Crippen LogP contribution in [0.1, 0.15) is 11.1 Å². The van der Waals surface area contributed by atoms with Crippen molar-refractivity contribution in [1.29, 1.82) is 0 Å². The van der Waals surface area contributed by atoms with E-state index in [-0.39, 0.29) is 11.6 Å². The molecule has 0 atom stereocenters. The summed E-state index contributed by atoms with van der Waals surface area (Å²) in [4.78, 5) is 10.7. The third-order valence-corrected chi connectivity index (χ3v) is 2.55. The fourth-order valence-electron chi connectivity index (χ4n) is 1.69. The Balaban J connectivity index is 2.46. The number of hydrogen-bond donors (Lipinski definition) is 0. The summed E-state index contributed by atoms with van der Waals surface area (Å²) in [6, 6.07) is 11.6. The molecule has 18 heavy (non-hydrogen) atoms. The van der Waals surface area contributed by atoms with E-state index < -0.39 is 0 Å². The van der Waals surface area contributed by atoms with Crippen molar-refractivity contribution in [3.8, 4) is 0 Å². The van der Waals surface area contributed by atoms with Crippen LogP contribution >= 0.6 is 0 Å². The number of carbonyl (C=O) groups is 1. The van der Waals surface area contributed by atoms with Gasteiger partial charge >= 0.3 is 0 Å². The van der Waals surface area contributed by atoms with Gasteiger partial charge in [-0.15, -0.1) is 0 Å². The molecule has 1 nitrogen and oxygen atoms in total. The standard InChI is InChI=1S/C15H10F2O/c16-13-5-1-11(2-6-13)15(9-10-18)12-3-7-14(17)8-4-12/h1-10H. The normalized spacial score (nSPS) is 9.89. The molecule has 0 fully saturated rings. The van der Waals surface area contributed by atoms with Gasteiger partial charge in [-0.3, -0.25) is 4.79 Å². The fourth-order valence-corrected chi connectivity index (χ4v) is 1.69. The molecule has 0 aliphatic heterocycles. The lowest BCUT2D eigenvalue weighted by atomic mass is 9.98. The number of halogens is 2. The summed E-state index contributed by atoms with van der Waals surface area (Å²) in [5.41, 5.74) is 2.04. The Morgan fingerprint density at radius 2 is 1.17 bits per heavy atom. The lowest BCUT2D eigenvalue weighted by Crippen LogP contribution is -1.89. The second-order valence-corrected chi connectivity index (χ2v) is 3.73. The number of allylic oxidation sites excluding steroid dienone is 1. The molecule has 2 aromatic rings. The molecule has 2 aromatic carbocycles. The molecule has 0 unspecified atom stereocenters. The third-order valence-electron chi connectivity index (χ3n) is 2.55. The average Bonchev–Trinajstić information content (AvgIpc) is 2.39. The van der Waals surface area contributed by atoms with Crippen molar-refractivity contribution in [2.75, 3.05) is 0 Å². The van der Waals surface area contributed by atoms with Crippen LogP contribution in [0, 0.1) is 11.6 Å². The van der Waals surface area contributed by atoms with Gasteiger partial charge in [0.15, 0.2) is 0 Å². The lowest BCUT2D eigenvalue weighted by molar-refractivity contribution is -0.104. The molecule has 0 N–H and O–H groups in total. The van der Waals surface area contributed by atoms with Gasteiger partial charge in [-0.2, -0.15) is 0 Å². The number of benzene rings is 2. The Bertz CT molecular complexity index is 521. The summed E-state index contributed by atoms with van der Waals surface area (Å²) in [6.45, 7) is 0. The van der Waals surface area contributed by atoms with Gasteiger partial charge in [0.25, 0.3) is 0 Å². The Kier molecular flexibility index (Phi) is 3.63. The highest BCUT2D eigenvalue weighted by molar-refractivity contribution is 5.89. The van der Waals surface area contributed by atoms with Crippen molar-refractivity contribution in [1.82, 2.24) is 0 Å². The van der Waals surface area contributed by atoms with Gasteiger partial charge in [-0.1, -0.05) is 24.3 Å². The molecule has 2 rings (SSSR count). The van der Waals surface area contributed by atoms with Crippen LogP contribution in [-0.2, 0) is 4.79 Å². The largest absolute Gasteiger partial charge is 0.299 e. The molecule has 0 heterocycles. The average molecular weight is 244 g/mol. The molecule has 0 saturated carbocycles. The Labute approximate surface area is 103 Å². The first-order valence-corrected chi connectivity index (χ1v) is 5.38. The molecule has 0 amide bonds. The van der Waals surface area contributed by atoms with E-state index in [0.717, 1.165) is 0 Å². The van der Waals surface area contributed by atoms with E-state index >= 15 is 0 Å². The highest BCUT2D eigenvalue weighted by Gasteiger charge is 2.05. The van der Waals surface area contributed by atoms with Crippen molar-refractivity contribution < 1.29 is 13.6 Å². The summed E-state index contributed by atoms with van der Waals surface area (Å²) in [6.07, 6.45) is 2.03. The molecule has 3 heteroatoms. The Hall–Kier alpha value is -2.29. The smallest absolute Gasteiger partial charge is 0.143 e. The van der Waals surface area contributed by atoms with Crippen molar-refractivity contribution in [2.45, 2.75) is 0 Å². The molecule has 0 aliphatic carbocycles. The summed E-state index contributed by atoms with van der Waals surface area (Å²) < 4.78 is 25.7. The first-order valence-electron chi connectivity index (χ1n) is 5.38. The monoisotopic (exact) mass is 244 g/mol. The number of hydrogen-bond acceptors (Lipinski definition) is 1. The van der Waals surface area contributed by atoms with Crippen LogP contribution in [0.4, 0.5) is 8.78 Å². The molecule has 0 bridgehead atoms. The third kappa shape index (κ3) is 2.69. The molecule has 0 spiro atoms. The van der Waals surface area contributed by atoms with Gasteiger partial charge in [-0.25, -0.2) is 8.78 Å². The second kappa shape index (κ2) is 5.36. The highest BCUT2D eigenvalue weighted by atomic mass is 19.1. The number of aldehydes is 1. The van der Waals surface area contributed by atoms with Gasteiger partial charge in [-0.05, 0) is 47.0 Å². The highest BCUT2D eigenvalue weighted by Crippen LogP contribution is 2.23. The quantitative estimate of drug-likeness (QED) is 0.595. The van der Waals surface area contributed by atoms with Crippen LogP contribution in [0.5, 0.6) is 0 Å². The van der Waals surface area contributed by atoms with E-state index in [2.05, 4.69) is 0 Å². The zero-order valence-electron chi connectivity index (χ0n) is 9.44. The lowest BCUT2D eigenvalue weighted by Gasteiger charge is -2.07. The number of rotatable bonds is 3. The molecule has 90 valence electrons. The van der Waals surface area contributed by atoms with E-state index in [4.69, 9.17) is 0 Å². The van der Waals surface area contributed by atoms with E-state index in [0.29, 0.717) is 23.0 Å². The van der Waals surface area contributed by atoms with Crippen LogP contribution in [-0.4, -0.2) is 6.29 Å². The summed E-state index contributed by atoms with van der Waals surface area (Å²) in [5, 5.41) is 0. The fraction of sp³-hybridized carbons (Fsp3) is 0. The SMILES string of the molecule is O=CC=C(c1ccc(F)cc1)c1ccc(F)cc1. The maximum Gasteiger partial charge on any atom is 0.143 e. The van der Waals surface area contributed by atoms with Crippen molar-refractivity contribution in [3.63, 3.8) is 0 Å². The first-order chi connectivity index (χ1) is 8.70. The van der Waals surface area contributed by atoms with Crippen molar-refractivity contribution in [3.05, 3.63) is 77.4 Å². The Morgan fingerprint density at radius 1 is 0.778 bits per heavy atom. The van der Waals surface area contributed by atoms with Crippen LogP contribution in [0.15, 0.2) is 54.6 Å². The summed E-state index contributed by atoms with van der Waals surface area (Å²) in [7, 11) is 0. The van der Waals surface area contributed by atoms with Gasteiger partial charge in [0, 0.05) is 0 Å². The predicted molar refractivity (Wildman–Crippen MR) is 65.9 cm³/mol. The van der Waals surface area contributed by atoms with Gasteiger partial charge in [0.05, 0.1) is 0 Å². The van der Waals surface area contributed by atoms with Crippen LogP contribution < -0.4 is 0 Å². The van der Waals surface area contributed by atoms with E-state index in [1.54, 1.807) is 24.3 Å². The molecular formula is C15H10F2O. The van der Waals surface area contributed by atoms with Crippen molar-refractivity contribution in [2.24, 2.45) is 0 Å². The summed E-state index contributed by atoms with van der Waals surface area (Å²) in [5.74, 6) is -0.688. The van der Waals surface area contributed by atoms with Gasteiger partial charge in [0.1, 0.15) is 17.9 Å².